The number of nitrogens with zero attached hydrogens (tertiary/aromatic N) is 1. The van der Waals surface area contributed by atoms with E-state index in [0.29, 0.717) is 23.6 Å². The highest BCUT2D eigenvalue weighted by molar-refractivity contribution is 7.80. The number of non-ortho nitro benzene ring substituents is 1. The van der Waals surface area contributed by atoms with Crippen molar-refractivity contribution >= 4 is 46.2 Å². The first-order valence-electron chi connectivity index (χ1n) is 8.70. The SMILES string of the molecule is CCCCCOc1ccc(C(=O)NC(=S)Nc2ccc([N+](=O)[O-])cc2Cl)cc1. The van der Waals surface area contributed by atoms with Gasteiger partial charge in [0.2, 0.25) is 0 Å². The van der Waals surface area contributed by atoms with Crippen molar-refractivity contribution in [1.82, 2.24) is 5.32 Å². The molecule has 2 N–H and O–H groups in total. The van der Waals surface area contributed by atoms with E-state index >= 15 is 0 Å². The standard InChI is InChI=1S/C19H20ClN3O4S/c1-2-3-4-11-27-15-8-5-13(6-9-15)18(24)22-19(28)21-17-10-7-14(23(25)26)12-16(17)20/h5-10,12H,2-4,11H2,1H3,(H2,21,22,24,28). The van der Waals surface area contributed by atoms with Crippen LogP contribution in [0.3, 0.4) is 0 Å². The van der Waals surface area contributed by atoms with Gasteiger partial charge in [0.05, 0.1) is 22.2 Å². The number of anilines is 1. The largest absolute Gasteiger partial charge is 0.494 e. The van der Waals surface area contributed by atoms with E-state index in [0.717, 1.165) is 19.3 Å². The van der Waals surface area contributed by atoms with Crippen molar-refractivity contribution in [2.24, 2.45) is 0 Å². The number of carbonyl (C=O) groups is 1. The third kappa shape index (κ3) is 6.47. The molecule has 0 spiro atoms. The van der Waals surface area contributed by atoms with E-state index in [1.807, 2.05) is 0 Å². The first-order valence-corrected chi connectivity index (χ1v) is 9.48. The lowest BCUT2D eigenvalue weighted by Gasteiger charge is -2.11. The highest BCUT2D eigenvalue weighted by Crippen LogP contribution is 2.26. The summed E-state index contributed by atoms with van der Waals surface area (Å²) in [4.78, 5) is 22.5. The monoisotopic (exact) mass is 421 g/mol. The zero-order valence-electron chi connectivity index (χ0n) is 15.2. The lowest BCUT2D eigenvalue weighted by atomic mass is 10.2. The van der Waals surface area contributed by atoms with Crippen LogP contribution in [-0.2, 0) is 0 Å². The molecule has 9 heteroatoms. The molecule has 2 aromatic carbocycles. The van der Waals surface area contributed by atoms with Crippen molar-refractivity contribution in [2.45, 2.75) is 26.2 Å². The van der Waals surface area contributed by atoms with Crippen molar-refractivity contribution in [2.75, 3.05) is 11.9 Å². The lowest BCUT2D eigenvalue weighted by Crippen LogP contribution is -2.34. The number of nitro groups is 1. The number of rotatable bonds is 8. The van der Waals surface area contributed by atoms with Crippen LogP contribution in [0.2, 0.25) is 5.02 Å². The average molecular weight is 422 g/mol. The molecule has 0 aliphatic heterocycles. The summed E-state index contributed by atoms with van der Waals surface area (Å²) in [7, 11) is 0. The summed E-state index contributed by atoms with van der Waals surface area (Å²) in [6, 6.07) is 10.7. The third-order valence-corrected chi connectivity index (χ3v) is 4.29. The summed E-state index contributed by atoms with van der Waals surface area (Å²) in [6.45, 7) is 2.77. The number of thiocarbonyl (C=S) groups is 1. The number of amides is 1. The molecule has 2 aromatic rings. The summed E-state index contributed by atoms with van der Waals surface area (Å²) in [5.41, 5.74) is 0.635. The maximum Gasteiger partial charge on any atom is 0.271 e. The second-order valence-electron chi connectivity index (χ2n) is 5.91. The number of nitrogens with one attached hydrogen (secondary N) is 2. The number of nitro benzene ring substituents is 1. The second-order valence-corrected chi connectivity index (χ2v) is 6.72. The van der Waals surface area contributed by atoms with Crippen LogP contribution >= 0.6 is 23.8 Å². The summed E-state index contributed by atoms with van der Waals surface area (Å²) in [6.07, 6.45) is 3.23. The quantitative estimate of drug-likeness (QED) is 0.271. The van der Waals surface area contributed by atoms with Crippen LogP contribution < -0.4 is 15.4 Å². The van der Waals surface area contributed by atoms with Crippen LogP contribution in [0, 0.1) is 10.1 Å². The minimum absolute atomic E-state index is 0.0284. The number of halogens is 1. The van der Waals surface area contributed by atoms with Crippen LogP contribution in [-0.4, -0.2) is 22.5 Å². The molecule has 0 aromatic heterocycles. The molecule has 28 heavy (non-hydrogen) atoms. The van der Waals surface area contributed by atoms with E-state index in [4.69, 9.17) is 28.6 Å². The Bertz CT molecular complexity index is 859. The van der Waals surface area contributed by atoms with Crippen LogP contribution in [0.25, 0.3) is 0 Å². The van der Waals surface area contributed by atoms with Gasteiger partial charge < -0.3 is 10.1 Å². The fourth-order valence-electron chi connectivity index (χ4n) is 2.29. The molecule has 1 amide bonds. The molecule has 0 bridgehead atoms. The molecule has 0 atom stereocenters. The molecule has 148 valence electrons. The van der Waals surface area contributed by atoms with E-state index in [2.05, 4.69) is 17.6 Å². The minimum atomic E-state index is -0.549. The fourth-order valence-corrected chi connectivity index (χ4v) is 2.72. The number of hydrogen-bond donors (Lipinski definition) is 2. The molecule has 0 aliphatic rings. The maximum atomic E-state index is 12.3. The molecule has 0 unspecified atom stereocenters. The molecule has 7 nitrogen and oxygen atoms in total. The number of unbranched alkanes of at least 4 members (excludes halogenated alkanes) is 2. The van der Waals surface area contributed by atoms with Crippen molar-refractivity contribution in [3.05, 3.63) is 63.2 Å². The summed E-state index contributed by atoms with van der Waals surface area (Å²) in [5, 5.41) is 16.2. The van der Waals surface area contributed by atoms with Gasteiger partial charge in [-0.3, -0.25) is 20.2 Å². The van der Waals surface area contributed by atoms with Crippen LogP contribution in [0.1, 0.15) is 36.5 Å². The Morgan fingerprint density at radius 1 is 1.21 bits per heavy atom. The molecule has 0 saturated carbocycles. The molecule has 2 rings (SSSR count). The van der Waals surface area contributed by atoms with E-state index < -0.39 is 10.8 Å². The predicted molar refractivity (Wildman–Crippen MR) is 113 cm³/mol. The highest BCUT2D eigenvalue weighted by atomic mass is 35.5. The molecule has 0 heterocycles. The van der Waals surface area contributed by atoms with Gasteiger partial charge in [0.1, 0.15) is 5.75 Å². The molecular weight excluding hydrogens is 402 g/mol. The van der Waals surface area contributed by atoms with Gasteiger partial charge in [0, 0.05) is 17.7 Å². The highest BCUT2D eigenvalue weighted by Gasteiger charge is 2.12. The number of benzene rings is 2. The van der Waals surface area contributed by atoms with Gasteiger partial charge in [0.15, 0.2) is 5.11 Å². The van der Waals surface area contributed by atoms with E-state index in [9.17, 15) is 14.9 Å². The average Bonchev–Trinajstić information content (AvgIpc) is 2.67. The molecule has 0 fully saturated rings. The first-order chi connectivity index (χ1) is 13.4. The van der Waals surface area contributed by atoms with Gasteiger partial charge >= 0.3 is 0 Å². The number of carbonyl (C=O) groups excluding carboxylic acids is 1. The van der Waals surface area contributed by atoms with E-state index in [1.54, 1.807) is 24.3 Å². The summed E-state index contributed by atoms with van der Waals surface area (Å²) < 4.78 is 5.61. The lowest BCUT2D eigenvalue weighted by molar-refractivity contribution is -0.384. The van der Waals surface area contributed by atoms with Crippen molar-refractivity contribution in [3.63, 3.8) is 0 Å². The normalized spacial score (nSPS) is 10.2. The van der Waals surface area contributed by atoms with Crippen LogP contribution in [0.5, 0.6) is 5.75 Å². The van der Waals surface area contributed by atoms with Crippen molar-refractivity contribution < 1.29 is 14.5 Å². The predicted octanol–water partition coefficient (Wildman–Crippen LogP) is 4.94. The Hall–Kier alpha value is -2.71. The Labute approximate surface area is 173 Å². The second kappa shape index (κ2) is 10.6. The van der Waals surface area contributed by atoms with Gasteiger partial charge in [-0.15, -0.1) is 0 Å². The molecule has 0 aliphatic carbocycles. The zero-order valence-corrected chi connectivity index (χ0v) is 16.8. The minimum Gasteiger partial charge on any atom is -0.494 e. The van der Waals surface area contributed by atoms with Crippen molar-refractivity contribution in [3.8, 4) is 5.75 Å². The maximum absolute atomic E-state index is 12.3. The number of hydrogen-bond acceptors (Lipinski definition) is 5. The fraction of sp³-hybridized carbons (Fsp3) is 0.263. The number of ether oxygens (including phenoxy) is 1. The Morgan fingerprint density at radius 2 is 1.93 bits per heavy atom. The summed E-state index contributed by atoms with van der Waals surface area (Å²) in [5.74, 6) is 0.305. The first kappa shape index (κ1) is 21.6. The summed E-state index contributed by atoms with van der Waals surface area (Å²) >= 11 is 11.1. The topological polar surface area (TPSA) is 93.5 Å². The Balaban J connectivity index is 1.90. The van der Waals surface area contributed by atoms with Crippen molar-refractivity contribution in [1.29, 1.82) is 0 Å². The van der Waals surface area contributed by atoms with Crippen LogP contribution in [0.4, 0.5) is 11.4 Å². The molecular formula is C19H20ClN3O4S. The van der Waals surface area contributed by atoms with Gasteiger partial charge in [-0.2, -0.15) is 0 Å². The molecule has 0 saturated heterocycles. The van der Waals surface area contributed by atoms with Crippen LogP contribution in [0.15, 0.2) is 42.5 Å². The van der Waals surface area contributed by atoms with Gasteiger partial charge in [-0.25, -0.2) is 0 Å². The third-order valence-electron chi connectivity index (χ3n) is 3.77. The smallest absolute Gasteiger partial charge is 0.271 e. The zero-order chi connectivity index (χ0) is 20.5. The Kier molecular flexibility index (Phi) is 8.16. The Morgan fingerprint density at radius 3 is 2.54 bits per heavy atom. The molecule has 0 radical (unpaired) electrons. The van der Waals surface area contributed by atoms with E-state index in [1.165, 1.54) is 18.2 Å². The van der Waals surface area contributed by atoms with Gasteiger partial charge in [-0.1, -0.05) is 31.4 Å². The van der Waals surface area contributed by atoms with Gasteiger partial charge in [0.25, 0.3) is 11.6 Å². The van der Waals surface area contributed by atoms with Gasteiger partial charge in [-0.05, 0) is 49.0 Å². The van der Waals surface area contributed by atoms with E-state index in [-0.39, 0.29) is 15.8 Å².